The fourth-order valence-corrected chi connectivity index (χ4v) is 1.07. The maximum absolute atomic E-state index is 11.0. The molecule has 0 aliphatic heterocycles. The van der Waals surface area contributed by atoms with E-state index in [1.807, 2.05) is 0 Å². The van der Waals surface area contributed by atoms with Crippen LogP contribution in [0.15, 0.2) is 0 Å². The number of likely N-dealkylation sites (N-methyl/N-ethyl adjacent to an activating group) is 1. The number of nitrogens with two attached hydrogens (primary N) is 1. The fourth-order valence-electron chi connectivity index (χ4n) is 1.07. The Balaban J connectivity index is 4.60. The van der Waals surface area contributed by atoms with Crippen molar-refractivity contribution in [1.29, 1.82) is 0 Å². The number of carbonyl (C=O) groups excluding carboxylic acids is 1. The third kappa shape index (κ3) is 2.90. The van der Waals surface area contributed by atoms with Gasteiger partial charge in [0.2, 0.25) is 0 Å². The van der Waals surface area contributed by atoms with Gasteiger partial charge in [-0.15, -0.1) is 0 Å². The first kappa shape index (κ1) is 11.7. The van der Waals surface area contributed by atoms with Gasteiger partial charge in [0.15, 0.2) is 0 Å². The second-order valence-electron chi connectivity index (χ2n) is 3.02. The Morgan fingerprint density at radius 1 is 1.46 bits per heavy atom. The van der Waals surface area contributed by atoms with E-state index in [-0.39, 0.29) is 5.92 Å². The minimum atomic E-state index is -1.19. The largest absolute Gasteiger partial charge is 0.465 e. The highest BCUT2D eigenvalue weighted by Crippen LogP contribution is 2.10. The quantitative estimate of drug-likeness (QED) is 0.613. The SMILES string of the molecule is CC(C)C(C(=O)ON)N(C)C(=O)O. The Bertz CT molecular complexity index is 205. The summed E-state index contributed by atoms with van der Waals surface area (Å²) in [7, 11) is 1.30. The van der Waals surface area contributed by atoms with E-state index in [1.165, 1.54) is 7.05 Å². The van der Waals surface area contributed by atoms with E-state index in [0.717, 1.165) is 4.90 Å². The maximum Gasteiger partial charge on any atom is 0.407 e. The number of rotatable bonds is 3. The van der Waals surface area contributed by atoms with E-state index in [4.69, 9.17) is 5.11 Å². The van der Waals surface area contributed by atoms with Gasteiger partial charge in [-0.05, 0) is 5.92 Å². The zero-order valence-corrected chi connectivity index (χ0v) is 7.85. The predicted molar refractivity (Wildman–Crippen MR) is 44.7 cm³/mol. The zero-order chi connectivity index (χ0) is 10.6. The molecule has 0 spiro atoms. The minimum absolute atomic E-state index is 0.183. The molecule has 0 aromatic rings. The molecule has 1 atom stereocenters. The lowest BCUT2D eigenvalue weighted by Crippen LogP contribution is -2.46. The number of hydrogen-bond acceptors (Lipinski definition) is 4. The van der Waals surface area contributed by atoms with Crippen LogP contribution in [0.1, 0.15) is 13.8 Å². The van der Waals surface area contributed by atoms with Crippen molar-refractivity contribution in [3.63, 3.8) is 0 Å². The second-order valence-corrected chi connectivity index (χ2v) is 3.02. The number of carbonyl (C=O) groups is 2. The van der Waals surface area contributed by atoms with Crippen LogP contribution in [0.5, 0.6) is 0 Å². The standard InChI is InChI=1S/C7H14N2O4/c1-4(2)5(6(10)13-8)9(3)7(11)12/h4-5H,8H2,1-3H3,(H,11,12). The van der Waals surface area contributed by atoms with Crippen molar-refractivity contribution in [1.82, 2.24) is 4.90 Å². The van der Waals surface area contributed by atoms with Crippen molar-refractivity contribution in [2.24, 2.45) is 11.8 Å². The molecule has 0 bridgehead atoms. The molecule has 6 heteroatoms. The molecule has 0 rings (SSSR count). The summed E-state index contributed by atoms with van der Waals surface area (Å²) in [5, 5.41) is 8.62. The van der Waals surface area contributed by atoms with Gasteiger partial charge in [0.1, 0.15) is 6.04 Å². The van der Waals surface area contributed by atoms with Gasteiger partial charge in [0.25, 0.3) is 0 Å². The van der Waals surface area contributed by atoms with Gasteiger partial charge in [0.05, 0.1) is 0 Å². The van der Waals surface area contributed by atoms with Gasteiger partial charge in [-0.25, -0.2) is 9.59 Å². The van der Waals surface area contributed by atoms with E-state index in [2.05, 4.69) is 10.7 Å². The normalized spacial score (nSPS) is 12.4. The van der Waals surface area contributed by atoms with Crippen LogP contribution in [0.2, 0.25) is 0 Å². The summed E-state index contributed by atoms with van der Waals surface area (Å²) in [6, 6.07) is -0.859. The van der Waals surface area contributed by atoms with Gasteiger partial charge in [-0.2, -0.15) is 5.90 Å². The summed E-state index contributed by atoms with van der Waals surface area (Å²) in [6.45, 7) is 3.42. The second kappa shape index (κ2) is 4.66. The molecule has 0 aromatic heterocycles. The third-order valence-electron chi connectivity index (χ3n) is 1.71. The molecule has 0 radical (unpaired) electrons. The highest BCUT2D eigenvalue weighted by atomic mass is 16.7. The lowest BCUT2D eigenvalue weighted by atomic mass is 10.0. The van der Waals surface area contributed by atoms with Crippen LogP contribution in [0, 0.1) is 5.92 Å². The summed E-state index contributed by atoms with van der Waals surface area (Å²) in [6.07, 6.45) is -1.19. The molecule has 0 heterocycles. The molecule has 0 aliphatic carbocycles. The van der Waals surface area contributed by atoms with Crippen LogP contribution < -0.4 is 5.90 Å². The van der Waals surface area contributed by atoms with Gasteiger partial charge < -0.3 is 9.94 Å². The fraction of sp³-hybridized carbons (Fsp3) is 0.714. The van der Waals surface area contributed by atoms with Crippen LogP contribution in [-0.2, 0) is 9.63 Å². The molecule has 3 N–H and O–H groups in total. The molecule has 6 nitrogen and oxygen atoms in total. The van der Waals surface area contributed by atoms with E-state index in [0.29, 0.717) is 0 Å². The summed E-state index contributed by atoms with van der Waals surface area (Å²) in [5.74, 6) is 3.75. The summed E-state index contributed by atoms with van der Waals surface area (Å²) >= 11 is 0. The van der Waals surface area contributed by atoms with Crippen molar-refractivity contribution < 1.29 is 19.5 Å². The first-order valence-corrected chi connectivity index (χ1v) is 3.78. The first-order valence-electron chi connectivity index (χ1n) is 3.78. The van der Waals surface area contributed by atoms with Crippen LogP contribution in [0.3, 0.4) is 0 Å². The Hall–Kier alpha value is -1.30. The maximum atomic E-state index is 11.0. The molecule has 0 saturated carbocycles. The molecule has 76 valence electrons. The first-order chi connectivity index (χ1) is 5.91. The van der Waals surface area contributed by atoms with E-state index in [1.54, 1.807) is 13.8 Å². The molecule has 0 saturated heterocycles. The number of hydrogen-bond donors (Lipinski definition) is 2. The van der Waals surface area contributed by atoms with E-state index >= 15 is 0 Å². The molecule has 1 amide bonds. The molecular weight excluding hydrogens is 176 g/mol. The number of amides is 1. The average molecular weight is 190 g/mol. The predicted octanol–water partition coefficient (Wildman–Crippen LogP) is 0.0377. The van der Waals surface area contributed by atoms with Crippen LogP contribution >= 0.6 is 0 Å². The lowest BCUT2D eigenvalue weighted by Gasteiger charge is -2.25. The van der Waals surface area contributed by atoms with Gasteiger partial charge in [-0.3, -0.25) is 4.90 Å². The average Bonchev–Trinajstić information content (AvgIpc) is 2.03. The smallest absolute Gasteiger partial charge is 0.407 e. The van der Waals surface area contributed by atoms with Gasteiger partial charge in [-0.1, -0.05) is 13.8 Å². The number of nitrogens with zero attached hydrogens (tertiary/aromatic N) is 1. The molecule has 0 fully saturated rings. The van der Waals surface area contributed by atoms with Crippen LogP contribution in [0.4, 0.5) is 4.79 Å². The molecule has 0 aliphatic rings. The summed E-state index contributed by atoms with van der Waals surface area (Å²) < 4.78 is 0. The Labute approximate surface area is 76.2 Å². The zero-order valence-electron chi connectivity index (χ0n) is 7.85. The lowest BCUT2D eigenvalue weighted by molar-refractivity contribution is -0.151. The van der Waals surface area contributed by atoms with E-state index < -0.39 is 18.1 Å². The third-order valence-corrected chi connectivity index (χ3v) is 1.71. The molecule has 1 unspecified atom stereocenters. The van der Waals surface area contributed by atoms with Crippen molar-refractivity contribution in [2.45, 2.75) is 19.9 Å². The van der Waals surface area contributed by atoms with Crippen molar-refractivity contribution in [3.05, 3.63) is 0 Å². The van der Waals surface area contributed by atoms with Crippen LogP contribution in [0.25, 0.3) is 0 Å². The number of carboxylic acid groups (broad SMARTS) is 1. The summed E-state index contributed by atoms with van der Waals surface area (Å²) in [4.78, 5) is 26.5. The topological polar surface area (TPSA) is 92.9 Å². The minimum Gasteiger partial charge on any atom is -0.465 e. The van der Waals surface area contributed by atoms with Crippen molar-refractivity contribution in [2.75, 3.05) is 7.05 Å². The van der Waals surface area contributed by atoms with Gasteiger partial charge in [0, 0.05) is 7.05 Å². The Kier molecular flexibility index (Phi) is 4.19. The Morgan fingerprint density at radius 2 is 1.92 bits per heavy atom. The van der Waals surface area contributed by atoms with Crippen LogP contribution in [-0.4, -0.2) is 35.2 Å². The summed E-state index contributed by atoms with van der Waals surface area (Å²) in [5.41, 5.74) is 0. The van der Waals surface area contributed by atoms with E-state index in [9.17, 15) is 9.59 Å². The Morgan fingerprint density at radius 3 is 2.15 bits per heavy atom. The van der Waals surface area contributed by atoms with Crippen molar-refractivity contribution in [3.8, 4) is 0 Å². The monoisotopic (exact) mass is 190 g/mol. The van der Waals surface area contributed by atoms with Gasteiger partial charge >= 0.3 is 12.1 Å². The van der Waals surface area contributed by atoms with Crippen molar-refractivity contribution >= 4 is 12.1 Å². The highest BCUT2D eigenvalue weighted by Gasteiger charge is 2.30. The molecule has 0 aromatic carbocycles. The molecule has 13 heavy (non-hydrogen) atoms. The highest BCUT2D eigenvalue weighted by molar-refractivity contribution is 5.80. The molecular formula is C7H14N2O4.